The van der Waals surface area contributed by atoms with Crippen LogP contribution in [0.25, 0.3) is 0 Å². The maximum Gasteiger partial charge on any atom is 0.118 e. The van der Waals surface area contributed by atoms with Gasteiger partial charge < -0.3 is 4.31 Å². The average Bonchev–Trinajstić information content (AvgIpc) is 1.79. The van der Waals surface area contributed by atoms with Gasteiger partial charge in [-0.25, -0.2) is 0 Å². The van der Waals surface area contributed by atoms with E-state index >= 15 is 0 Å². The van der Waals surface area contributed by atoms with Crippen molar-refractivity contribution in [1.82, 2.24) is 9.62 Å². The third-order valence-electron chi connectivity index (χ3n) is 1.62. The van der Waals surface area contributed by atoms with Crippen LogP contribution in [0.1, 0.15) is 13.8 Å². The number of nitrogens with zero attached hydrogens (tertiary/aromatic N) is 1. The molecule has 2 atom stereocenters. The minimum Gasteiger partial charge on any atom is -0.308 e. The second-order valence-corrected chi connectivity index (χ2v) is 6.08. The van der Waals surface area contributed by atoms with E-state index in [4.69, 9.17) is 12.2 Å². The Morgan fingerprint density at radius 2 is 2.00 bits per heavy atom. The molecule has 1 rings (SSSR count). The minimum absolute atomic E-state index is 0.305. The summed E-state index contributed by atoms with van der Waals surface area (Å²) in [5.41, 5.74) is 0. The highest BCUT2D eigenvalue weighted by Gasteiger charge is 2.41. The quantitative estimate of drug-likeness (QED) is 0.378. The Morgan fingerprint density at radius 3 is 2.42 bits per heavy atom. The summed E-state index contributed by atoms with van der Waals surface area (Å²) in [6.07, 6.45) is 0. The highest BCUT2D eigenvalue weighted by Crippen LogP contribution is 2.29. The first-order valence-electron chi connectivity index (χ1n) is 3.49. The Balaban J connectivity index is 2.87. The Labute approximate surface area is 94.8 Å². The molecule has 1 heterocycles. The summed E-state index contributed by atoms with van der Waals surface area (Å²) in [5.74, 6) is 0. The summed E-state index contributed by atoms with van der Waals surface area (Å²) in [6.45, 7) is 4.53. The van der Waals surface area contributed by atoms with Crippen LogP contribution in [0.15, 0.2) is 0 Å². The molecular weight excluding hydrogens is 228 g/mol. The van der Waals surface area contributed by atoms with Crippen LogP contribution in [-0.4, -0.2) is 25.6 Å². The minimum atomic E-state index is -0.508. The summed E-state index contributed by atoms with van der Waals surface area (Å²) in [7, 11) is 0. The fourth-order valence-corrected chi connectivity index (χ4v) is 2.84. The summed E-state index contributed by atoms with van der Waals surface area (Å²) in [4.78, 5) is -0.132. The first-order valence-corrected chi connectivity index (χ1v) is 5.20. The largest absolute Gasteiger partial charge is 0.308 e. The Bertz CT molecular complexity index is 214. The smallest absolute Gasteiger partial charge is 0.118 e. The Kier molecular flexibility index (Phi) is 2.96. The van der Waals surface area contributed by atoms with Crippen molar-refractivity contribution in [3.05, 3.63) is 0 Å². The van der Waals surface area contributed by atoms with Gasteiger partial charge in [-0.15, -0.1) is 0 Å². The zero-order valence-corrected chi connectivity index (χ0v) is 10.4. The van der Waals surface area contributed by atoms with E-state index in [1.54, 1.807) is 4.31 Å². The molecule has 0 amide bonds. The lowest BCUT2D eigenvalue weighted by Crippen LogP contribution is -2.65. The molecule has 0 saturated carbocycles. The number of thiol groups is 3. The monoisotopic (exact) mass is 240 g/mol. The third kappa shape index (κ3) is 2.23. The van der Waals surface area contributed by atoms with Gasteiger partial charge in [-0.2, -0.15) is 25.3 Å². The molecular formula is C6H12N2S4. The molecule has 0 aliphatic carbocycles. The lowest BCUT2D eigenvalue weighted by Gasteiger charge is -2.45. The fraction of sp³-hybridized carbons (Fsp3) is 0.833. The maximum absolute atomic E-state index is 5.14. The average molecular weight is 240 g/mol. The molecule has 2 unspecified atom stereocenters. The first-order chi connectivity index (χ1) is 5.25. The van der Waals surface area contributed by atoms with Gasteiger partial charge in [-0.1, -0.05) is 25.0 Å². The molecule has 1 aliphatic heterocycles. The zero-order valence-electron chi connectivity index (χ0n) is 6.90. The highest BCUT2D eigenvalue weighted by molar-refractivity contribution is 7.89. The molecule has 1 N–H and O–H groups in total. The molecule has 0 spiro atoms. The lowest BCUT2D eigenvalue weighted by molar-refractivity contribution is 0.373. The van der Waals surface area contributed by atoms with E-state index in [1.807, 2.05) is 13.8 Å². The molecule has 0 bridgehead atoms. The van der Waals surface area contributed by atoms with Gasteiger partial charge in [0.2, 0.25) is 0 Å². The van der Waals surface area contributed by atoms with Gasteiger partial charge in [-0.3, -0.25) is 5.32 Å². The topological polar surface area (TPSA) is 15.3 Å². The van der Waals surface area contributed by atoms with Gasteiger partial charge in [0.1, 0.15) is 9.86 Å². The maximum atomic E-state index is 5.14. The predicted molar refractivity (Wildman–Crippen MR) is 66.2 cm³/mol. The highest BCUT2D eigenvalue weighted by atomic mass is 32.1. The summed E-state index contributed by atoms with van der Waals surface area (Å²) in [6, 6.07) is 0. The van der Waals surface area contributed by atoms with Crippen molar-refractivity contribution in [2.45, 2.75) is 23.6 Å². The van der Waals surface area contributed by atoms with Crippen molar-refractivity contribution >= 4 is 55.3 Å². The van der Waals surface area contributed by atoms with Gasteiger partial charge in [0.15, 0.2) is 0 Å². The number of nitrogens with one attached hydrogen (secondary N) is 1. The van der Waals surface area contributed by atoms with E-state index < -0.39 is 4.87 Å². The molecule has 2 nitrogen and oxygen atoms in total. The van der Waals surface area contributed by atoms with Gasteiger partial charge in [0.25, 0.3) is 0 Å². The van der Waals surface area contributed by atoms with Gasteiger partial charge in [0, 0.05) is 0 Å². The van der Waals surface area contributed by atoms with Gasteiger partial charge in [0.05, 0.1) is 11.4 Å². The van der Waals surface area contributed by atoms with Crippen molar-refractivity contribution < 1.29 is 0 Å². The van der Waals surface area contributed by atoms with E-state index in [1.165, 1.54) is 0 Å². The molecule has 70 valence electrons. The molecule has 6 heteroatoms. The van der Waals surface area contributed by atoms with Crippen LogP contribution in [0.2, 0.25) is 0 Å². The van der Waals surface area contributed by atoms with Crippen molar-refractivity contribution in [1.29, 1.82) is 0 Å². The van der Waals surface area contributed by atoms with E-state index in [0.717, 1.165) is 0 Å². The van der Waals surface area contributed by atoms with E-state index in [-0.39, 0.29) is 4.87 Å². The van der Waals surface area contributed by atoms with E-state index in [2.05, 4.69) is 43.4 Å². The van der Waals surface area contributed by atoms with Crippen LogP contribution in [0.3, 0.4) is 0 Å². The molecule has 0 aromatic rings. The second-order valence-electron chi connectivity index (χ2n) is 3.33. The number of piperazine rings is 1. The summed E-state index contributed by atoms with van der Waals surface area (Å²) in [5, 5.41) is 3.21. The standard InChI is InChI=1S/C6H12N2S4/c1-5(10)3-8(12)4(9)6(2,11)7-5/h7,10-12H,3H2,1-2H3. The molecule has 0 aromatic carbocycles. The molecule has 1 saturated heterocycles. The van der Waals surface area contributed by atoms with Crippen LogP contribution >= 0.6 is 50.3 Å². The Morgan fingerprint density at radius 1 is 1.50 bits per heavy atom. The number of thiocarbonyl (C=S) groups is 1. The number of hydrogen-bond acceptors (Lipinski definition) is 5. The number of rotatable bonds is 0. The van der Waals surface area contributed by atoms with Crippen LogP contribution in [0, 0.1) is 0 Å². The molecule has 0 aromatic heterocycles. The molecule has 1 fully saturated rings. The molecule has 1 aliphatic rings. The van der Waals surface area contributed by atoms with Crippen LogP contribution < -0.4 is 5.32 Å². The van der Waals surface area contributed by atoms with Crippen LogP contribution in [-0.2, 0) is 0 Å². The molecule has 12 heavy (non-hydrogen) atoms. The molecule has 0 radical (unpaired) electrons. The van der Waals surface area contributed by atoms with Crippen LogP contribution in [0.4, 0.5) is 0 Å². The van der Waals surface area contributed by atoms with Crippen molar-refractivity contribution in [3.63, 3.8) is 0 Å². The number of hydrogen-bond donors (Lipinski definition) is 4. The van der Waals surface area contributed by atoms with Crippen molar-refractivity contribution in [3.8, 4) is 0 Å². The normalized spacial score (nSPS) is 43.4. The third-order valence-corrected chi connectivity index (χ3v) is 3.45. The second kappa shape index (κ2) is 3.24. The SMILES string of the molecule is CC1(S)CN(S)C(=S)C(C)(S)N1. The summed E-state index contributed by atoms with van der Waals surface area (Å²) >= 11 is 18.2. The van der Waals surface area contributed by atoms with E-state index in [0.29, 0.717) is 11.5 Å². The first kappa shape index (κ1) is 11.0. The predicted octanol–water partition coefficient (Wildman–Crippen LogP) is 1.36. The van der Waals surface area contributed by atoms with Crippen molar-refractivity contribution in [2.24, 2.45) is 0 Å². The summed E-state index contributed by atoms with van der Waals surface area (Å²) < 4.78 is 1.70. The lowest BCUT2D eigenvalue weighted by atomic mass is 10.2. The van der Waals surface area contributed by atoms with Gasteiger partial charge in [-0.05, 0) is 13.8 Å². The van der Waals surface area contributed by atoms with Crippen LogP contribution in [0.5, 0.6) is 0 Å². The van der Waals surface area contributed by atoms with E-state index in [9.17, 15) is 0 Å². The zero-order chi connectivity index (χ0) is 9.57. The van der Waals surface area contributed by atoms with Gasteiger partial charge >= 0.3 is 0 Å². The fourth-order valence-electron chi connectivity index (χ4n) is 1.23. The Hall–Kier alpha value is 0.900. The van der Waals surface area contributed by atoms with Crippen molar-refractivity contribution in [2.75, 3.05) is 6.54 Å².